The summed E-state index contributed by atoms with van der Waals surface area (Å²) in [5.74, 6) is 0.980. The van der Waals surface area contributed by atoms with E-state index in [2.05, 4.69) is 20.3 Å². The van der Waals surface area contributed by atoms with Crippen molar-refractivity contribution in [2.75, 3.05) is 11.1 Å². The fraction of sp³-hybridized carbons (Fsp3) is 0.133. The standard InChI is InChI=1S/C15H15N5/c1-10(11-6-4-5-9-17-11)18-15-14(16)19-12-7-2-3-8-13(12)20-15/h2-10H,1H3,(H2,16,19)(H,18,20). The number of rotatable bonds is 3. The zero-order valence-electron chi connectivity index (χ0n) is 11.1. The first-order valence-corrected chi connectivity index (χ1v) is 6.44. The smallest absolute Gasteiger partial charge is 0.170 e. The summed E-state index contributed by atoms with van der Waals surface area (Å²) in [6.07, 6.45) is 1.77. The lowest BCUT2D eigenvalue weighted by molar-refractivity contribution is 0.833. The minimum atomic E-state index is 0.00830. The predicted molar refractivity (Wildman–Crippen MR) is 80.2 cm³/mol. The Bertz CT molecular complexity index is 727. The van der Waals surface area contributed by atoms with Crippen molar-refractivity contribution < 1.29 is 0 Å². The quantitative estimate of drug-likeness (QED) is 0.761. The number of anilines is 2. The molecule has 20 heavy (non-hydrogen) atoms. The molecule has 0 saturated carbocycles. The van der Waals surface area contributed by atoms with Crippen LogP contribution in [0.4, 0.5) is 11.6 Å². The summed E-state index contributed by atoms with van der Waals surface area (Å²) in [7, 11) is 0. The van der Waals surface area contributed by atoms with Crippen molar-refractivity contribution in [1.82, 2.24) is 15.0 Å². The molecule has 3 N–H and O–H groups in total. The van der Waals surface area contributed by atoms with E-state index < -0.39 is 0 Å². The molecule has 0 aliphatic heterocycles. The number of nitrogen functional groups attached to an aromatic ring is 1. The van der Waals surface area contributed by atoms with Gasteiger partial charge in [0, 0.05) is 6.20 Å². The predicted octanol–water partition coefficient (Wildman–Crippen LogP) is 2.78. The molecule has 5 nitrogen and oxygen atoms in total. The highest BCUT2D eigenvalue weighted by Gasteiger charge is 2.11. The second-order valence-electron chi connectivity index (χ2n) is 4.57. The minimum Gasteiger partial charge on any atom is -0.381 e. The highest BCUT2D eigenvalue weighted by atomic mass is 15.1. The first-order valence-electron chi connectivity index (χ1n) is 6.44. The molecular weight excluding hydrogens is 250 g/mol. The van der Waals surface area contributed by atoms with Gasteiger partial charge in [0.15, 0.2) is 11.6 Å². The van der Waals surface area contributed by atoms with Crippen LogP contribution in [0.15, 0.2) is 48.7 Å². The number of nitrogens with two attached hydrogens (primary N) is 1. The second kappa shape index (κ2) is 5.13. The summed E-state index contributed by atoms with van der Waals surface area (Å²) >= 11 is 0. The summed E-state index contributed by atoms with van der Waals surface area (Å²) in [5, 5.41) is 3.26. The molecule has 3 rings (SSSR count). The van der Waals surface area contributed by atoms with Gasteiger partial charge in [0.1, 0.15) is 0 Å². The van der Waals surface area contributed by atoms with Crippen molar-refractivity contribution >= 4 is 22.7 Å². The van der Waals surface area contributed by atoms with Gasteiger partial charge in [0.2, 0.25) is 0 Å². The van der Waals surface area contributed by atoms with E-state index in [9.17, 15) is 0 Å². The van der Waals surface area contributed by atoms with Crippen molar-refractivity contribution in [2.45, 2.75) is 13.0 Å². The summed E-state index contributed by atoms with van der Waals surface area (Å²) in [6.45, 7) is 2.01. The second-order valence-corrected chi connectivity index (χ2v) is 4.57. The number of pyridine rings is 1. The van der Waals surface area contributed by atoms with E-state index in [-0.39, 0.29) is 6.04 Å². The van der Waals surface area contributed by atoms with Gasteiger partial charge in [-0.15, -0.1) is 0 Å². The highest BCUT2D eigenvalue weighted by Crippen LogP contribution is 2.22. The monoisotopic (exact) mass is 265 g/mol. The average Bonchev–Trinajstić information content (AvgIpc) is 2.49. The lowest BCUT2D eigenvalue weighted by Gasteiger charge is -2.15. The van der Waals surface area contributed by atoms with Crippen molar-refractivity contribution in [3.63, 3.8) is 0 Å². The number of para-hydroxylation sites is 2. The van der Waals surface area contributed by atoms with Crippen LogP contribution < -0.4 is 11.1 Å². The number of fused-ring (bicyclic) bond motifs is 1. The van der Waals surface area contributed by atoms with E-state index in [1.165, 1.54) is 0 Å². The maximum absolute atomic E-state index is 5.96. The molecule has 0 bridgehead atoms. The van der Waals surface area contributed by atoms with Crippen LogP contribution >= 0.6 is 0 Å². The maximum Gasteiger partial charge on any atom is 0.170 e. The van der Waals surface area contributed by atoms with Gasteiger partial charge >= 0.3 is 0 Å². The lowest BCUT2D eigenvalue weighted by atomic mass is 10.2. The molecule has 2 aromatic heterocycles. The van der Waals surface area contributed by atoms with Gasteiger partial charge in [-0.05, 0) is 31.2 Å². The van der Waals surface area contributed by atoms with Crippen LogP contribution in [-0.2, 0) is 0 Å². The molecule has 0 aliphatic carbocycles. The van der Waals surface area contributed by atoms with Crippen LogP contribution in [0.5, 0.6) is 0 Å². The number of nitrogens with one attached hydrogen (secondary N) is 1. The number of hydrogen-bond acceptors (Lipinski definition) is 5. The molecule has 0 aliphatic rings. The fourth-order valence-electron chi connectivity index (χ4n) is 2.03. The van der Waals surface area contributed by atoms with Crippen molar-refractivity contribution in [3.05, 3.63) is 54.4 Å². The topological polar surface area (TPSA) is 76.7 Å². The molecule has 1 aromatic carbocycles. The van der Waals surface area contributed by atoms with E-state index in [4.69, 9.17) is 5.73 Å². The first kappa shape index (κ1) is 12.3. The molecule has 1 atom stereocenters. The van der Waals surface area contributed by atoms with Crippen molar-refractivity contribution in [3.8, 4) is 0 Å². The Morgan fingerprint density at radius 2 is 1.70 bits per heavy atom. The normalized spacial score (nSPS) is 12.2. The van der Waals surface area contributed by atoms with E-state index in [0.717, 1.165) is 16.7 Å². The molecule has 2 heterocycles. The van der Waals surface area contributed by atoms with E-state index in [0.29, 0.717) is 11.6 Å². The summed E-state index contributed by atoms with van der Waals surface area (Å²) < 4.78 is 0. The molecular formula is C15H15N5. The summed E-state index contributed by atoms with van der Waals surface area (Å²) in [4.78, 5) is 13.2. The van der Waals surface area contributed by atoms with Crippen LogP contribution in [-0.4, -0.2) is 15.0 Å². The van der Waals surface area contributed by atoms with Gasteiger partial charge in [-0.1, -0.05) is 18.2 Å². The molecule has 100 valence electrons. The largest absolute Gasteiger partial charge is 0.381 e. The number of aromatic nitrogens is 3. The zero-order valence-corrected chi connectivity index (χ0v) is 11.1. The third-order valence-electron chi connectivity index (χ3n) is 3.08. The third kappa shape index (κ3) is 2.38. The molecule has 0 radical (unpaired) electrons. The minimum absolute atomic E-state index is 0.00830. The lowest BCUT2D eigenvalue weighted by Crippen LogP contribution is -2.12. The van der Waals surface area contributed by atoms with E-state index in [1.54, 1.807) is 6.20 Å². The van der Waals surface area contributed by atoms with Crippen molar-refractivity contribution in [2.24, 2.45) is 0 Å². The molecule has 3 aromatic rings. The molecule has 1 unspecified atom stereocenters. The first-order chi connectivity index (χ1) is 9.74. The van der Waals surface area contributed by atoms with Gasteiger partial charge in [-0.3, -0.25) is 4.98 Å². The van der Waals surface area contributed by atoms with Crippen LogP contribution in [0.2, 0.25) is 0 Å². The third-order valence-corrected chi connectivity index (χ3v) is 3.08. The molecule has 0 amide bonds. The van der Waals surface area contributed by atoms with Crippen LogP contribution in [0, 0.1) is 0 Å². The van der Waals surface area contributed by atoms with Crippen LogP contribution in [0.25, 0.3) is 11.0 Å². The molecule has 0 fully saturated rings. The maximum atomic E-state index is 5.96. The van der Waals surface area contributed by atoms with E-state index in [1.807, 2.05) is 49.4 Å². The Balaban J connectivity index is 1.92. The number of benzene rings is 1. The van der Waals surface area contributed by atoms with Gasteiger partial charge in [-0.2, -0.15) is 0 Å². The average molecular weight is 265 g/mol. The Morgan fingerprint density at radius 1 is 1.00 bits per heavy atom. The fourth-order valence-corrected chi connectivity index (χ4v) is 2.03. The summed E-state index contributed by atoms with van der Waals surface area (Å²) in [6, 6.07) is 13.5. The summed E-state index contributed by atoms with van der Waals surface area (Å²) in [5.41, 5.74) is 8.50. The Labute approximate surface area is 116 Å². The van der Waals surface area contributed by atoms with Gasteiger partial charge in [-0.25, -0.2) is 9.97 Å². The highest BCUT2D eigenvalue weighted by molar-refractivity contribution is 5.79. The van der Waals surface area contributed by atoms with Gasteiger partial charge in [0.25, 0.3) is 0 Å². The number of hydrogen-bond donors (Lipinski definition) is 2. The SMILES string of the molecule is CC(Nc1nc2ccccc2nc1N)c1ccccn1. The Hall–Kier alpha value is -2.69. The van der Waals surface area contributed by atoms with Crippen LogP contribution in [0.3, 0.4) is 0 Å². The van der Waals surface area contributed by atoms with E-state index >= 15 is 0 Å². The Morgan fingerprint density at radius 3 is 2.40 bits per heavy atom. The molecule has 0 spiro atoms. The van der Waals surface area contributed by atoms with Gasteiger partial charge < -0.3 is 11.1 Å². The molecule has 5 heteroatoms. The zero-order chi connectivity index (χ0) is 13.9. The van der Waals surface area contributed by atoms with Crippen LogP contribution in [0.1, 0.15) is 18.7 Å². The molecule has 0 saturated heterocycles. The van der Waals surface area contributed by atoms with Crippen molar-refractivity contribution in [1.29, 1.82) is 0 Å². The van der Waals surface area contributed by atoms with Gasteiger partial charge in [0.05, 0.1) is 22.8 Å². The Kier molecular flexibility index (Phi) is 3.16. The number of nitrogens with zero attached hydrogens (tertiary/aromatic N) is 3.